The first kappa shape index (κ1) is 15.1. The Balaban J connectivity index is 2.06. The van der Waals surface area contributed by atoms with Gasteiger partial charge in [-0.3, -0.25) is 4.79 Å². The van der Waals surface area contributed by atoms with Gasteiger partial charge in [0, 0.05) is 17.1 Å². The number of nitrogens with zero attached hydrogens (tertiary/aromatic N) is 1. The van der Waals surface area contributed by atoms with Crippen LogP contribution in [0.25, 0.3) is 11.8 Å². The van der Waals surface area contributed by atoms with Crippen LogP contribution >= 0.6 is 24.0 Å². The summed E-state index contributed by atoms with van der Waals surface area (Å²) in [5.74, 6) is -0.115. The summed E-state index contributed by atoms with van der Waals surface area (Å²) in [6.45, 7) is 6.22. The number of aromatic nitrogens is 1. The third-order valence-corrected chi connectivity index (χ3v) is 4.82. The van der Waals surface area contributed by atoms with E-state index in [1.54, 1.807) is 0 Å². The maximum absolute atomic E-state index is 11.8. The highest BCUT2D eigenvalue weighted by atomic mass is 32.2. The quantitative estimate of drug-likeness (QED) is 0.671. The van der Waals surface area contributed by atoms with E-state index in [2.05, 4.69) is 61.0 Å². The van der Waals surface area contributed by atoms with Crippen LogP contribution in [0.4, 0.5) is 0 Å². The number of benzene rings is 1. The SMILES string of the molecule is Cc1cccc(-n2c(C)cc(C=C3SC(=S)NC3=O)c2C)c1. The molecule has 0 radical (unpaired) electrons. The second-order valence-electron chi connectivity index (χ2n) is 5.35. The molecule has 1 N–H and O–H groups in total. The number of rotatable bonds is 2. The lowest BCUT2D eigenvalue weighted by atomic mass is 10.2. The average molecular weight is 328 g/mol. The molecule has 0 unspecified atom stereocenters. The summed E-state index contributed by atoms with van der Waals surface area (Å²) in [5, 5.41) is 2.65. The van der Waals surface area contributed by atoms with Crippen LogP contribution in [0.15, 0.2) is 35.2 Å². The van der Waals surface area contributed by atoms with Gasteiger partial charge in [0.25, 0.3) is 5.91 Å². The minimum Gasteiger partial charge on any atom is -0.318 e. The highest BCUT2D eigenvalue weighted by Crippen LogP contribution is 2.29. The number of nitrogens with one attached hydrogen (secondary N) is 1. The summed E-state index contributed by atoms with van der Waals surface area (Å²) in [6.07, 6.45) is 1.91. The zero-order chi connectivity index (χ0) is 15.9. The van der Waals surface area contributed by atoms with Gasteiger partial charge in [-0.1, -0.05) is 36.1 Å². The van der Waals surface area contributed by atoms with E-state index in [-0.39, 0.29) is 5.91 Å². The predicted octanol–water partition coefficient (Wildman–Crippen LogP) is 3.89. The number of thiocarbonyl (C=S) groups is 1. The molecule has 22 heavy (non-hydrogen) atoms. The van der Waals surface area contributed by atoms with Gasteiger partial charge < -0.3 is 9.88 Å². The summed E-state index contributed by atoms with van der Waals surface area (Å²) in [6, 6.07) is 10.5. The van der Waals surface area contributed by atoms with Crippen LogP contribution < -0.4 is 5.32 Å². The second-order valence-corrected chi connectivity index (χ2v) is 7.07. The first-order valence-electron chi connectivity index (χ1n) is 6.96. The van der Waals surface area contributed by atoms with Crippen LogP contribution in [0.3, 0.4) is 0 Å². The zero-order valence-corrected chi connectivity index (χ0v) is 14.3. The predicted molar refractivity (Wildman–Crippen MR) is 96.3 cm³/mol. The van der Waals surface area contributed by atoms with Crippen LogP contribution in [0.1, 0.15) is 22.5 Å². The van der Waals surface area contributed by atoms with E-state index in [0.717, 1.165) is 22.6 Å². The molecule has 0 aliphatic carbocycles. The molecule has 1 amide bonds. The van der Waals surface area contributed by atoms with Gasteiger partial charge in [-0.25, -0.2) is 0 Å². The molecule has 1 aromatic carbocycles. The summed E-state index contributed by atoms with van der Waals surface area (Å²) in [5.41, 5.74) is 5.66. The molecule has 0 saturated carbocycles. The maximum atomic E-state index is 11.8. The lowest BCUT2D eigenvalue weighted by Crippen LogP contribution is -2.17. The van der Waals surface area contributed by atoms with Crippen LogP contribution in [0, 0.1) is 20.8 Å². The Hall–Kier alpha value is -1.85. The molecule has 3 nitrogen and oxygen atoms in total. The van der Waals surface area contributed by atoms with E-state index in [9.17, 15) is 4.79 Å². The average Bonchev–Trinajstić information content (AvgIpc) is 2.90. The summed E-state index contributed by atoms with van der Waals surface area (Å²) in [4.78, 5) is 12.5. The number of aryl methyl sites for hydroxylation is 2. The highest BCUT2D eigenvalue weighted by Gasteiger charge is 2.22. The molecule has 2 aromatic rings. The first-order chi connectivity index (χ1) is 10.5. The number of carbonyl (C=O) groups excluding carboxylic acids is 1. The van der Waals surface area contributed by atoms with Crippen molar-refractivity contribution < 1.29 is 4.79 Å². The Labute approximate surface area is 139 Å². The van der Waals surface area contributed by atoms with E-state index in [0.29, 0.717) is 9.23 Å². The number of hydrogen-bond acceptors (Lipinski definition) is 3. The molecular weight excluding hydrogens is 312 g/mol. The Morgan fingerprint density at radius 1 is 1.23 bits per heavy atom. The number of carbonyl (C=O) groups is 1. The van der Waals surface area contributed by atoms with Gasteiger partial charge in [-0.05, 0) is 56.2 Å². The minimum absolute atomic E-state index is 0.115. The molecule has 1 saturated heterocycles. The van der Waals surface area contributed by atoms with Crippen molar-refractivity contribution in [2.24, 2.45) is 0 Å². The Morgan fingerprint density at radius 2 is 2.00 bits per heavy atom. The molecular formula is C17H16N2OS2. The summed E-state index contributed by atoms with van der Waals surface area (Å²) in [7, 11) is 0. The molecule has 1 aromatic heterocycles. The number of amides is 1. The van der Waals surface area contributed by atoms with Gasteiger partial charge in [0.15, 0.2) is 0 Å². The minimum atomic E-state index is -0.115. The lowest BCUT2D eigenvalue weighted by Gasteiger charge is -2.10. The standard InChI is InChI=1S/C17H16N2OS2/c1-10-5-4-6-14(7-10)19-11(2)8-13(12(19)3)9-15-16(20)18-17(21)22-15/h4-9H,1-3H3,(H,18,20,21). The lowest BCUT2D eigenvalue weighted by molar-refractivity contribution is -0.115. The monoisotopic (exact) mass is 328 g/mol. The van der Waals surface area contributed by atoms with Crippen LogP contribution in [0.5, 0.6) is 0 Å². The van der Waals surface area contributed by atoms with Crippen LogP contribution in [-0.2, 0) is 4.79 Å². The molecule has 112 valence electrons. The van der Waals surface area contributed by atoms with E-state index in [1.165, 1.54) is 17.3 Å². The van der Waals surface area contributed by atoms with Crippen molar-refractivity contribution in [1.82, 2.24) is 9.88 Å². The number of hydrogen-bond donors (Lipinski definition) is 1. The Bertz CT molecular complexity index is 818. The van der Waals surface area contributed by atoms with E-state index in [4.69, 9.17) is 12.2 Å². The normalized spacial score (nSPS) is 16.4. The van der Waals surface area contributed by atoms with Gasteiger partial charge in [0.1, 0.15) is 4.32 Å². The van der Waals surface area contributed by atoms with Gasteiger partial charge in [0.2, 0.25) is 0 Å². The fraction of sp³-hybridized carbons (Fsp3) is 0.176. The Kier molecular flexibility index (Phi) is 3.93. The third-order valence-electron chi connectivity index (χ3n) is 3.66. The fourth-order valence-corrected chi connectivity index (χ4v) is 3.70. The molecule has 0 bridgehead atoms. The highest BCUT2D eigenvalue weighted by molar-refractivity contribution is 8.26. The van der Waals surface area contributed by atoms with Crippen LogP contribution in [-0.4, -0.2) is 14.8 Å². The van der Waals surface area contributed by atoms with E-state index >= 15 is 0 Å². The molecule has 5 heteroatoms. The maximum Gasteiger partial charge on any atom is 0.263 e. The third kappa shape index (κ3) is 2.74. The summed E-state index contributed by atoms with van der Waals surface area (Å²) >= 11 is 6.34. The zero-order valence-electron chi connectivity index (χ0n) is 12.6. The van der Waals surface area contributed by atoms with Crippen molar-refractivity contribution in [3.05, 3.63) is 57.8 Å². The smallest absolute Gasteiger partial charge is 0.263 e. The largest absolute Gasteiger partial charge is 0.318 e. The van der Waals surface area contributed by atoms with Gasteiger partial charge in [-0.15, -0.1) is 0 Å². The fourth-order valence-electron chi connectivity index (χ4n) is 2.66. The molecule has 1 fully saturated rings. The Morgan fingerprint density at radius 3 is 2.64 bits per heavy atom. The molecule has 0 spiro atoms. The van der Waals surface area contributed by atoms with Gasteiger partial charge >= 0.3 is 0 Å². The van der Waals surface area contributed by atoms with E-state index in [1.807, 2.05) is 6.08 Å². The van der Waals surface area contributed by atoms with Crippen molar-refractivity contribution in [2.75, 3.05) is 0 Å². The van der Waals surface area contributed by atoms with Crippen molar-refractivity contribution >= 4 is 40.3 Å². The van der Waals surface area contributed by atoms with Gasteiger partial charge in [0.05, 0.1) is 4.91 Å². The topological polar surface area (TPSA) is 34.0 Å². The molecule has 0 atom stereocenters. The van der Waals surface area contributed by atoms with Crippen molar-refractivity contribution in [1.29, 1.82) is 0 Å². The molecule has 2 heterocycles. The molecule has 3 rings (SSSR count). The molecule has 1 aliphatic heterocycles. The van der Waals surface area contributed by atoms with Gasteiger partial charge in [-0.2, -0.15) is 0 Å². The van der Waals surface area contributed by atoms with E-state index < -0.39 is 0 Å². The van der Waals surface area contributed by atoms with Crippen LogP contribution in [0.2, 0.25) is 0 Å². The molecule has 1 aliphatic rings. The summed E-state index contributed by atoms with van der Waals surface area (Å²) < 4.78 is 2.72. The van der Waals surface area contributed by atoms with Crippen molar-refractivity contribution in [3.8, 4) is 5.69 Å². The second kappa shape index (κ2) is 5.74. The number of thioether (sulfide) groups is 1. The van der Waals surface area contributed by atoms with Crippen molar-refractivity contribution in [3.63, 3.8) is 0 Å². The van der Waals surface area contributed by atoms with Crippen molar-refractivity contribution in [2.45, 2.75) is 20.8 Å². The first-order valence-corrected chi connectivity index (χ1v) is 8.19.